The maximum atomic E-state index is 15.0. The summed E-state index contributed by atoms with van der Waals surface area (Å²) in [4.78, 5) is 15.3. The maximum Gasteiger partial charge on any atom is 0.234 e. The number of amides is 1. The quantitative estimate of drug-likeness (QED) is 0.513. The Morgan fingerprint density at radius 2 is 1.73 bits per heavy atom. The number of nitrogens with two attached hydrogens (primary N) is 1. The number of alkyl halides is 1. The topological polar surface area (TPSA) is 79.0 Å². The molecule has 2 saturated heterocycles. The van der Waals surface area contributed by atoms with Gasteiger partial charge < -0.3 is 20.5 Å². The summed E-state index contributed by atoms with van der Waals surface area (Å²) >= 11 is 0. The van der Waals surface area contributed by atoms with Crippen LogP contribution in [0.25, 0.3) is 11.1 Å². The van der Waals surface area contributed by atoms with Gasteiger partial charge in [0.25, 0.3) is 0 Å². The summed E-state index contributed by atoms with van der Waals surface area (Å²) in [5.41, 5.74) is 4.63. The molecule has 37 heavy (non-hydrogen) atoms. The van der Waals surface area contributed by atoms with Crippen molar-refractivity contribution in [1.82, 2.24) is 9.80 Å². The highest BCUT2D eigenvalue weighted by Gasteiger charge is 2.34. The molecule has 6 nitrogen and oxygen atoms in total. The Kier molecular flexibility index (Phi) is 8.46. The van der Waals surface area contributed by atoms with Crippen LogP contribution in [0.5, 0.6) is 5.75 Å². The van der Waals surface area contributed by atoms with Crippen molar-refractivity contribution in [2.75, 3.05) is 32.8 Å². The monoisotopic (exact) mass is 519 g/mol. The summed E-state index contributed by atoms with van der Waals surface area (Å²) in [5, 5.41) is 10.7. The number of aliphatic hydroxyl groups excluding tert-OH is 1. The van der Waals surface area contributed by atoms with Gasteiger partial charge in [0.15, 0.2) is 0 Å². The summed E-state index contributed by atoms with van der Waals surface area (Å²) in [6.07, 6.45) is 1.85. The van der Waals surface area contributed by atoms with Gasteiger partial charge in [-0.2, -0.15) is 0 Å². The summed E-state index contributed by atoms with van der Waals surface area (Å²) in [6, 6.07) is 7.86. The second-order valence-corrected chi connectivity index (χ2v) is 10.8. The Balaban J connectivity index is 1.36. The van der Waals surface area contributed by atoms with Crippen molar-refractivity contribution >= 4 is 5.91 Å². The van der Waals surface area contributed by atoms with E-state index in [2.05, 4.69) is 4.90 Å². The van der Waals surface area contributed by atoms with Gasteiger partial charge in [-0.1, -0.05) is 12.1 Å². The first-order chi connectivity index (χ1) is 17.5. The third-order valence-corrected chi connectivity index (χ3v) is 7.25. The Labute approximate surface area is 216 Å². The number of hydrogen-bond acceptors (Lipinski definition) is 5. The Morgan fingerprint density at radius 3 is 2.32 bits per heavy atom. The van der Waals surface area contributed by atoms with E-state index in [1.54, 1.807) is 24.8 Å². The fourth-order valence-electron chi connectivity index (χ4n) is 5.35. The molecule has 2 aromatic rings. The first kappa shape index (κ1) is 27.4. The van der Waals surface area contributed by atoms with Gasteiger partial charge in [-0.25, -0.2) is 13.2 Å². The molecule has 1 amide bonds. The van der Waals surface area contributed by atoms with Gasteiger partial charge in [-0.3, -0.25) is 9.69 Å². The lowest BCUT2D eigenvalue weighted by Gasteiger charge is -2.34. The maximum absolute atomic E-state index is 15.0. The van der Waals surface area contributed by atoms with Crippen LogP contribution >= 0.6 is 0 Å². The lowest BCUT2D eigenvalue weighted by Crippen LogP contribution is -2.42. The molecule has 0 aromatic heterocycles. The molecule has 3 N–H and O–H groups in total. The highest BCUT2D eigenvalue weighted by molar-refractivity contribution is 5.80. The first-order valence-corrected chi connectivity index (χ1v) is 12.9. The van der Waals surface area contributed by atoms with E-state index in [0.717, 1.165) is 32.0 Å². The van der Waals surface area contributed by atoms with E-state index in [0.29, 0.717) is 44.2 Å². The SMILES string of the molecule is CC(C)(F)CN1CCC(COc2ccc(-c3ccc(C(O)N4CCC[C@H]4C(N)=O)cc3F)c(F)c2)CC1. The molecule has 0 radical (unpaired) electrons. The molecular weight excluding hydrogens is 483 g/mol. The van der Waals surface area contributed by atoms with Gasteiger partial charge >= 0.3 is 0 Å². The molecule has 0 bridgehead atoms. The molecule has 0 spiro atoms. The third-order valence-electron chi connectivity index (χ3n) is 7.25. The van der Waals surface area contributed by atoms with E-state index in [1.165, 1.54) is 24.3 Å². The number of rotatable bonds is 9. The molecule has 2 aliphatic rings. The normalized spacial score (nSPS) is 20.8. The molecule has 0 saturated carbocycles. The van der Waals surface area contributed by atoms with Crippen LogP contribution < -0.4 is 10.5 Å². The first-order valence-electron chi connectivity index (χ1n) is 12.9. The second kappa shape index (κ2) is 11.4. The van der Waals surface area contributed by atoms with E-state index < -0.39 is 35.5 Å². The van der Waals surface area contributed by atoms with Crippen LogP contribution in [0.2, 0.25) is 0 Å². The smallest absolute Gasteiger partial charge is 0.234 e. The fraction of sp³-hybridized carbons (Fsp3) is 0.536. The van der Waals surface area contributed by atoms with Crippen molar-refractivity contribution in [2.24, 2.45) is 11.7 Å². The number of halogens is 3. The minimum Gasteiger partial charge on any atom is -0.493 e. The number of piperidine rings is 1. The number of primary amides is 1. The van der Waals surface area contributed by atoms with Crippen molar-refractivity contribution < 1.29 is 27.8 Å². The van der Waals surface area contributed by atoms with Crippen LogP contribution in [0.4, 0.5) is 13.2 Å². The Bertz CT molecular complexity index is 1100. The zero-order valence-corrected chi connectivity index (χ0v) is 21.4. The van der Waals surface area contributed by atoms with Crippen molar-refractivity contribution in [3.05, 3.63) is 53.6 Å². The summed E-state index contributed by atoms with van der Waals surface area (Å²) in [5.74, 6) is -1.14. The largest absolute Gasteiger partial charge is 0.493 e. The standard InChI is InChI=1S/C28H36F3N3O3/c1-28(2,31)17-33-12-9-18(10-13-33)16-37-20-6-8-22(24(30)15-20)21-7-5-19(14-23(21)29)27(36)34-11-3-4-25(34)26(32)35/h5-8,14-15,18,25,27,36H,3-4,9-13,16-17H2,1-2H3,(H2,32,35)/t25-,27?/m0/s1. The Morgan fingerprint density at radius 1 is 1.08 bits per heavy atom. The van der Waals surface area contributed by atoms with Gasteiger partial charge in [0.1, 0.15) is 29.3 Å². The van der Waals surface area contributed by atoms with Gasteiger partial charge in [0.2, 0.25) is 5.91 Å². The van der Waals surface area contributed by atoms with Gasteiger partial charge in [-0.05, 0) is 82.3 Å². The average Bonchev–Trinajstić information content (AvgIpc) is 3.33. The number of carbonyl (C=O) groups is 1. The van der Waals surface area contributed by atoms with Crippen LogP contribution in [0.1, 0.15) is 51.3 Å². The lowest BCUT2D eigenvalue weighted by atomic mass is 9.96. The molecule has 9 heteroatoms. The van der Waals surface area contributed by atoms with Crippen molar-refractivity contribution in [2.45, 2.75) is 57.5 Å². The number of nitrogens with zero attached hydrogens (tertiary/aromatic N) is 2. The predicted octanol–water partition coefficient (Wildman–Crippen LogP) is 4.41. The van der Waals surface area contributed by atoms with Gasteiger partial charge in [0.05, 0.1) is 12.6 Å². The minimum absolute atomic E-state index is 0.0658. The molecule has 202 valence electrons. The van der Waals surface area contributed by atoms with Crippen LogP contribution in [0, 0.1) is 17.6 Å². The summed E-state index contributed by atoms with van der Waals surface area (Å²) < 4.78 is 49.6. The van der Waals surface area contributed by atoms with E-state index in [-0.39, 0.29) is 16.7 Å². The fourth-order valence-corrected chi connectivity index (χ4v) is 5.35. The minimum atomic E-state index is -1.22. The van der Waals surface area contributed by atoms with Crippen molar-refractivity contribution in [1.29, 1.82) is 0 Å². The van der Waals surface area contributed by atoms with E-state index >= 15 is 0 Å². The molecule has 1 unspecified atom stereocenters. The number of hydrogen-bond donors (Lipinski definition) is 2. The molecule has 0 aliphatic carbocycles. The number of likely N-dealkylation sites (tertiary alicyclic amines) is 2. The van der Waals surface area contributed by atoms with E-state index in [1.807, 2.05) is 0 Å². The number of ether oxygens (including phenoxy) is 1. The predicted molar refractivity (Wildman–Crippen MR) is 136 cm³/mol. The molecule has 2 fully saturated rings. The molecule has 2 heterocycles. The number of carbonyl (C=O) groups excluding carboxylic acids is 1. The van der Waals surface area contributed by atoms with Crippen LogP contribution in [0.15, 0.2) is 36.4 Å². The third kappa shape index (κ3) is 6.83. The molecular formula is C28H36F3N3O3. The highest BCUT2D eigenvalue weighted by Crippen LogP contribution is 2.33. The highest BCUT2D eigenvalue weighted by atomic mass is 19.1. The molecule has 2 atom stereocenters. The molecule has 2 aliphatic heterocycles. The second-order valence-electron chi connectivity index (χ2n) is 10.8. The summed E-state index contributed by atoms with van der Waals surface area (Å²) in [6.45, 7) is 6.10. The Hall–Kier alpha value is -2.62. The lowest BCUT2D eigenvalue weighted by molar-refractivity contribution is -0.126. The number of benzene rings is 2. The van der Waals surface area contributed by atoms with Crippen LogP contribution in [-0.2, 0) is 4.79 Å². The zero-order chi connectivity index (χ0) is 26.7. The van der Waals surface area contributed by atoms with Crippen LogP contribution in [0.3, 0.4) is 0 Å². The molecule has 4 rings (SSSR count). The van der Waals surface area contributed by atoms with Crippen LogP contribution in [-0.4, -0.2) is 65.3 Å². The van der Waals surface area contributed by atoms with Gasteiger partial charge in [0, 0.05) is 30.3 Å². The zero-order valence-electron chi connectivity index (χ0n) is 21.4. The number of aliphatic hydroxyl groups is 1. The summed E-state index contributed by atoms with van der Waals surface area (Å²) in [7, 11) is 0. The van der Waals surface area contributed by atoms with Gasteiger partial charge in [-0.15, -0.1) is 0 Å². The van der Waals surface area contributed by atoms with Crippen molar-refractivity contribution in [3.8, 4) is 16.9 Å². The van der Waals surface area contributed by atoms with E-state index in [4.69, 9.17) is 10.5 Å². The average molecular weight is 520 g/mol. The van der Waals surface area contributed by atoms with Crippen molar-refractivity contribution in [3.63, 3.8) is 0 Å². The van der Waals surface area contributed by atoms with E-state index in [9.17, 15) is 23.1 Å². The molecule has 2 aromatic carbocycles.